The van der Waals surface area contributed by atoms with Gasteiger partial charge in [0.15, 0.2) is 0 Å². The highest BCUT2D eigenvalue weighted by Gasteiger charge is 2.38. The molecule has 0 N–H and O–H groups in total. The van der Waals surface area contributed by atoms with E-state index in [1.807, 2.05) is 42.5 Å². The van der Waals surface area contributed by atoms with E-state index in [4.69, 9.17) is 9.47 Å². The highest BCUT2D eigenvalue weighted by atomic mass is 16.7. The van der Waals surface area contributed by atoms with E-state index in [-0.39, 0.29) is 5.78 Å². The van der Waals surface area contributed by atoms with Crippen LogP contribution in [0.3, 0.4) is 0 Å². The largest absolute Gasteiger partial charge is 0.344 e. The van der Waals surface area contributed by atoms with E-state index in [0.29, 0.717) is 12.2 Å². The Bertz CT molecular complexity index is 555. The summed E-state index contributed by atoms with van der Waals surface area (Å²) >= 11 is 0. The molecular weight excluding hydrogens is 252 g/mol. The molecule has 0 amide bonds. The standard InChI is InChI=1S/C17H18O3/c1-14-8-6-12-17(19-2,16(14)18)20-13-7-11-15-9-4-3-5-10-15/h3-12H,13H2,1-2H3/b11-7+. The van der Waals surface area contributed by atoms with Gasteiger partial charge in [0.2, 0.25) is 5.78 Å². The van der Waals surface area contributed by atoms with Gasteiger partial charge in [0, 0.05) is 7.11 Å². The molecule has 0 spiro atoms. The number of Topliss-reactive ketones (excluding diaryl/α,β-unsaturated/α-hetero) is 1. The third-order valence-corrected chi connectivity index (χ3v) is 3.14. The van der Waals surface area contributed by atoms with Crippen molar-refractivity contribution in [3.63, 3.8) is 0 Å². The van der Waals surface area contributed by atoms with Crippen LogP contribution in [0, 0.1) is 0 Å². The zero-order valence-electron chi connectivity index (χ0n) is 11.7. The van der Waals surface area contributed by atoms with Crippen LogP contribution >= 0.6 is 0 Å². The predicted octanol–water partition coefficient (Wildman–Crippen LogP) is 3.14. The predicted molar refractivity (Wildman–Crippen MR) is 79.1 cm³/mol. The van der Waals surface area contributed by atoms with Crippen LogP contribution in [-0.4, -0.2) is 25.3 Å². The van der Waals surface area contributed by atoms with Gasteiger partial charge in [-0.2, -0.15) is 0 Å². The summed E-state index contributed by atoms with van der Waals surface area (Å²) < 4.78 is 10.9. The third kappa shape index (κ3) is 3.13. The molecule has 1 aliphatic rings. The van der Waals surface area contributed by atoms with Crippen LogP contribution in [0.1, 0.15) is 12.5 Å². The van der Waals surface area contributed by atoms with Gasteiger partial charge in [-0.3, -0.25) is 4.79 Å². The summed E-state index contributed by atoms with van der Waals surface area (Å²) in [6.07, 6.45) is 8.98. The number of carbonyl (C=O) groups excluding carboxylic acids is 1. The minimum Gasteiger partial charge on any atom is -0.344 e. The van der Waals surface area contributed by atoms with Crippen LogP contribution < -0.4 is 0 Å². The lowest BCUT2D eigenvalue weighted by molar-refractivity contribution is -0.188. The van der Waals surface area contributed by atoms with Crippen LogP contribution in [0.25, 0.3) is 6.08 Å². The van der Waals surface area contributed by atoms with Crippen molar-refractivity contribution >= 4 is 11.9 Å². The van der Waals surface area contributed by atoms with Crippen molar-refractivity contribution in [2.75, 3.05) is 13.7 Å². The Hall–Kier alpha value is -1.97. The molecule has 0 heterocycles. The van der Waals surface area contributed by atoms with Gasteiger partial charge in [-0.05, 0) is 24.1 Å². The molecule has 0 saturated carbocycles. The first-order chi connectivity index (χ1) is 9.68. The van der Waals surface area contributed by atoms with Crippen LogP contribution in [0.4, 0.5) is 0 Å². The number of carbonyl (C=O) groups is 1. The molecule has 1 atom stereocenters. The highest BCUT2D eigenvalue weighted by Crippen LogP contribution is 2.24. The van der Waals surface area contributed by atoms with Crippen molar-refractivity contribution in [2.24, 2.45) is 0 Å². The maximum Gasteiger partial charge on any atom is 0.254 e. The molecule has 3 heteroatoms. The Morgan fingerprint density at radius 1 is 1.25 bits per heavy atom. The first-order valence-corrected chi connectivity index (χ1v) is 6.49. The second-order valence-electron chi connectivity index (χ2n) is 4.53. The van der Waals surface area contributed by atoms with Gasteiger partial charge in [-0.25, -0.2) is 0 Å². The molecule has 104 valence electrons. The molecule has 0 radical (unpaired) electrons. The molecule has 0 saturated heterocycles. The molecule has 0 bridgehead atoms. The van der Waals surface area contributed by atoms with Crippen LogP contribution in [0.5, 0.6) is 0 Å². The van der Waals surface area contributed by atoms with E-state index in [1.165, 1.54) is 7.11 Å². The molecule has 3 nitrogen and oxygen atoms in total. The van der Waals surface area contributed by atoms with E-state index in [1.54, 1.807) is 25.2 Å². The zero-order valence-corrected chi connectivity index (χ0v) is 11.7. The maximum absolute atomic E-state index is 12.1. The van der Waals surface area contributed by atoms with Gasteiger partial charge in [0.1, 0.15) is 0 Å². The normalized spacial score (nSPS) is 22.3. The Labute approximate surface area is 119 Å². The van der Waals surface area contributed by atoms with Crippen LogP contribution in [0.15, 0.2) is 60.2 Å². The summed E-state index contributed by atoms with van der Waals surface area (Å²) in [7, 11) is 1.47. The number of hydrogen-bond acceptors (Lipinski definition) is 3. The second kappa shape index (κ2) is 6.46. The highest BCUT2D eigenvalue weighted by molar-refractivity contribution is 6.03. The van der Waals surface area contributed by atoms with E-state index in [2.05, 4.69) is 0 Å². The average molecular weight is 270 g/mol. The summed E-state index contributed by atoms with van der Waals surface area (Å²) in [5.74, 6) is -1.45. The van der Waals surface area contributed by atoms with Crippen molar-refractivity contribution < 1.29 is 14.3 Å². The monoisotopic (exact) mass is 270 g/mol. The number of allylic oxidation sites excluding steroid dienone is 2. The number of rotatable bonds is 5. The lowest BCUT2D eigenvalue weighted by Gasteiger charge is -2.29. The summed E-state index contributed by atoms with van der Waals surface area (Å²) in [4.78, 5) is 12.1. The summed E-state index contributed by atoms with van der Waals surface area (Å²) in [6.45, 7) is 2.05. The first kappa shape index (κ1) is 14.4. The molecule has 1 aromatic carbocycles. The Morgan fingerprint density at radius 3 is 2.70 bits per heavy atom. The maximum atomic E-state index is 12.1. The number of methoxy groups -OCH3 is 1. The quantitative estimate of drug-likeness (QED) is 0.771. The van der Waals surface area contributed by atoms with Gasteiger partial charge < -0.3 is 9.47 Å². The Kier molecular flexibility index (Phi) is 4.66. The van der Waals surface area contributed by atoms with E-state index in [0.717, 1.165) is 5.56 Å². The molecule has 1 aliphatic carbocycles. The lowest BCUT2D eigenvalue weighted by atomic mass is 9.99. The second-order valence-corrected chi connectivity index (χ2v) is 4.53. The summed E-state index contributed by atoms with van der Waals surface area (Å²) in [6, 6.07) is 9.91. The Balaban J connectivity index is 1.99. The van der Waals surface area contributed by atoms with Crippen molar-refractivity contribution in [3.05, 3.63) is 65.8 Å². The number of ether oxygens (including phenoxy) is 2. The van der Waals surface area contributed by atoms with Crippen molar-refractivity contribution in [3.8, 4) is 0 Å². The number of benzene rings is 1. The fourth-order valence-corrected chi connectivity index (χ4v) is 2.00. The lowest BCUT2D eigenvalue weighted by Crippen LogP contribution is -2.43. The van der Waals surface area contributed by atoms with Gasteiger partial charge in [0.25, 0.3) is 5.79 Å². The summed E-state index contributed by atoms with van der Waals surface area (Å²) in [5, 5.41) is 0. The smallest absolute Gasteiger partial charge is 0.254 e. The SMILES string of the molecule is COC1(OC/C=C/c2ccccc2)C=CC=C(C)C1=O. The molecule has 0 fully saturated rings. The van der Waals surface area contributed by atoms with Crippen LogP contribution in [-0.2, 0) is 14.3 Å². The average Bonchev–Trinajstić information content (AvgIpc) is 2.49. The molecule has 1 unspecified atom stereocenters. The fourth-order valence-electron chi connectivity index (χ4n) is 2.00. The van der Waals surface area contributed by atoms with Crippen LogP contribution in [0.2, 0.25) is 0 Å². The van der Waals surface area contributed by atoms with Crippen molar-refractivity contribution in [1.82, 2.24) is 0 Å². The third-order valence-electron chi connectivity index (χ3n) is 3.14. The van der Waals surface area contributed by atoms with Gasteiger partial charge in [-0.1, -0.05) is 54.6 Å². The van der Waals surface area contributed by atoms with E-state index in [9.17, 15) is 4.79 Å². The molecule has 2 rings (SSSR count). The molecule has 1 aromatic rings. The molecule has 0 aliphatic heterocycles. The van der Waals surface area contributed by atoms with E-state index < -0.39 is 5.79 Å². The number of hydrogen-bond donors (Lipinski definition) is 0. The van der Waals surface area contributed by atoms with Gasteiger partial charge in [-0.15, -0.1) is 0 Å². The first-order valence-electron chi connectivity index (χ1n) is 6.49. The Morgan fingerprint density at radius 2 is 2.00 bits per heavy atom. The van der Waals surface area contributed by atoms with E-state index >= 15 is 0 Å². The molecule has 20 heavy (non-hydrogen) atoms. The minimum absolute atomic E-state index is 0.157. The molecule has 0 aromatic heterocycles. The molecular formula is C17H18O3. The van der Waals surface area contributed by atoms with Crippen molar-refractivity contribution in [2.45, 2.75) is 12.7 Å². The van der Waals surface area contributed by atoms with Crippen molar-refractivity contribution in [1.29, 1.82) is 0 Å². The zero-order chi connectivity index (χ0) is 14.4. The minimum atomic E-state index is -1.29. The number of ketones is 1. The van der Waals surface area contributed by atoms with Gasteiger partial charge >= 0.3 is 0 Å². The summed E-state index contributed by atoms with van der Waals surface area (Å²) in [5.41, 5.74) is 1.71. The fraction of sp³-hybridized carbons (Fsp3) is 0.235. The topological polar surface area (TPSA) is 35.5 Å². The van der Waals surface area contributed by atoms with Gasteiger partial charge in [0.05, 0.1) is 6.61 Å².